The van der Waals surface area contributed by atoms with Gasteiger partial charge in [0.15, 0.2) is 0 Å². The van der Waals surface area contributed by atoms with Gasteiger partial charge in [0.05, 0.1) is 24.0 Å². The van der Waals surface area contributed by atoms with E-state index < -0.39 is 39.4 Å². The number of halogens is 2. The second kappa shape index (κ2) is 9.75. The lowest BCUT2D eigenvalue weighted by Crippen LogP contribution is -2.57. The van der Waals surface area contributed by atoms with Gasteiger partial charge >= 0.3 is 5.97 Å². The third-order valence-electron chi connectivity index (χ3n) is 8.08. The number of nitrogens with zero attached hydrogens (tertiary/aromatic N) is 1. The third-order valence-corrected chi connectivity index (χ3v) is 9.37. The van der Waals surface area contributed by atoms with Crippen molar-refractivity contribution in [3.63, 3.8) is 0 Å². The first-order valence-corrected chi connectivity index (χ1v) is 14.0. The maximum Gasteiger partial charge on any atom is 0.338 e. The van der Waals surface area contributed by atoms with Gasteiger partial charge in [0.2, 0.25) is 17.7 Å². The number of carbonyl (C=O) groups is 4. The van der Waals surface area contributed by atoms with Gasteiger partial charge in [-0.05, 0) is 52.9 Å². The molecule has 3 amide bonds. The number of hydrogen-bond acceptors (Lipinski definition) is 5. The molecule has 7 nitrogen and oxygen atoms in total. The zero-order valence-electron chi connectivity index (χ0n) is 21.7. The highest BCUT2D eigenvalue weighted by Crippen LogP contribution is 2.69. The molecule has 0 saturated carbocycles. The molecule has 204 valence electrons. The van der Waals surface area contributed by atoms with E-state index in [2.05, 4.69) is 5.32 Å². The van der Waals surface area contributed by atoms with Gasteiger partial charge in [0, 0.05) is 18.7 Å². The van der Waals surface area contributed by atoms with Crippen LogP contribution in [0.5, 0.6) is 0 Å². The molecule has 0 radical (unpaired) electrons. The quantitative estimate of drug-likeness (QED) is 0.238. The van der Waals surface area contributed by atoms with Crippen LogP contribution in [0.2, 0.25) is 0 Å². The number of imide groups is 1. The first-order valence-electron chi connectivity index (χ1n) is 13.2. The van der Waals surface area contributed by atoms with Gasteiger partial charge in [-0.2, -0.15) is 0 Å². The second-order valence-electron chi connectivity index (χ2n) is 10.3. The first-order chi connectivity index (χ1) is 19.2. The summed E-state index contributed by atoms with van der Waals surface area (Å²) < 4.78 is 5.11. The van der Waals surface area contributed by atoms with E-state index in [1.165, 1.54) is 0 Å². The van der Waals surface area contributed by atoms with Gasteiger partial charge in [0.1, 0.15) is 9.75 Å². The van der Waals surface area contributed by atoms with Crippen molar-refractivity contribution in [2.75, 3.05) is 18.5 Å². The zero-order chi connectivity index (χ0) is 28.2. The molecule has 7 rings (SSSR count). The van der Waals surface area contributed by atoms with Crippen molar-refractivity contribution in [2.45, 2.75) is 29.5 Å². The number of hydrogen-bond donors (Lipinski definition) is 1. The smallest absolute Gasteiger partial charge is 0.338 e. The van der Waals surface area contributed by atoms with Crippen LogP contribution < -0.4 is 5.32 Å². The summed E-state index contributed by atoms with van der Waals surface area (Å²) in [5, 5.41) is 2.75. The van der Waals surface area contributed by atoms with E-state index in [1.807, 2.05) is 55.5 Å². The molecule has 2 bridgehead atoms. The van der Waals surface area contributed by atoms with Crippen LogP contribution >= 0.6 is 23.2 Å². The molecule has 1 N–H and O–H groups in total. The summed E-state index contributed by atoms with van der Waals surface area (Å²) >= 11 is 14.8. The Labute approximate surface area is 241 Å². The van der Waals surface area contributed by atoms with Gasteiger partial charge in [-0.15, -0.1) is 23.2 Å². The number of alkyl halides is 2. The Bertz CT molecular complexity index is 1430. The van der Waals surface area contributed by atoms with Crippen LogP contribution in [0.25, 0.3) is 0 Å². The Morgan fingerprint density at radius 3 is 1.75 bits per heavy atom. The minimum absolute atomic E-state index is 0.107. The molecule has 0 unspecified atom stereocenters. The van der Waals surface area contributed by atoms with E-state index in [0.29, 0.717) is 17.9 Å². The van der Waals surface area contributed by atoms with Gasteiger partial charge < -0.3 is 10.1 Å². The number of amides is 3. The van der Waals surface area contributed by atoms with Crippen LogP contribution in [0.4, 0.5) is 5.69 Å². The highest BCUT2D eigenvalue weighted by Gasteiger charge is 2.72. The van der Waals surface area contributed by atoms with Gasteiger partial charge in [-0.1, -0.05) is 55.5 Å². The summed E-state index contributed by atoms with van der Waals surface area (Å²) in [6.07, 6.45) is 0.614. The van der Waals surface area contributed by atoms with E-state index in [4.69, 9.17) is 27.9 Å². The standard InChI is InChI=1S/C31H26Cl2N2O5/c1-2-17-40-29(39)18-11-13-19(14-12-18)34-24(36)15-16-35-27(37)25-26(28(35)38)31(33)21-8-4-3-7-20(21)30(25,32)22-9-5-6-10-23(22)31/h3-14,25-26H,2,15-17H2,1H3,(H,34,36)/t25-,26+,30?,31?. The first kappa shape index (κ1) is 26.5. The molecule has 3 aromatic carbocycles. The molecule has 1 heterocycles. The largest absolute Gasteiger partial charge is 0.462 e. The average Bonchev–Trinajstić information content (AvgIpc) is 3.24. The molecular formula is C31H26Cl2N2O5. The fourth-order valence-corrected chi connectivity index (χ4v) is 7.45. The lowest BCUT2D eigenvalue weighted by atomic mass is 9.54. The Morgan fingerprint density at radius 1 is 0.825 bits per heavy atom. The summed E-state index contributed by atoms with van der Waals surface area (Å²) in [5.74, 6) is -3.46. The number of anilines is 1. The fourth-order valence-electron chi connectivity index (χ4n) is 6.35. The van der Waals surface area contributed by atoms with Crippen molar-refractivity contribution in [2.24, 2.45) is 11.8 Å². The highest BCUT2D eigenvalue weighted by atomic mass is 35.5. The maximum atomic E-state index is 13.8. The van der Waals surface area contributed by atoms with E-state index in [9.17, 15) is 19.2 Å². The van der Waals surface area contributed by atoms with Crippen LogP contribution in [0, 0.1) is 11.8 Å². The van der Waals surface area contributed by atoms with E-state index in [-0.39, 0.29) is 18.9 Å². The Morgan fingerprint density at radius 2 is 1.30 bits per heavy atom. The SMILES string of the molecule is CCCOC(=O)c1ccc(NC(=O)CCN2C(=O)[C@@H]3[C@H](C2=O)C2(Cl)c4ccccc4C3(Cl)c3ccccc32)cc1. The normalized spacial score (nSPS) is 25.7. The Balaban J connectivity index is 1.22. The topological polar surface area (TPSA) is 92.8 Å². The summed E-state index contributed by atoms with van der Waals surface area (Å²) in [5.41, 5.74) is 3.78. The van der Waals surface area contributed by atoms with Crippen LogP contribution in [-0.4, -0.2) is 41.7 Å². The summed E-state index contributed by atoms with van der Waals surface area (Å²) in [4.78, 5) is 51.1. The maximum absolute atomic E-state index is 13.8. The van der Waals surface area contributed by atoms with Crippen LogP contribution in [0.15, 0.2) is 72.8 Å². The minimum Gasteiger partial charge on any atom is -0.462 e. The molecule has 40 heavy (non-hydrogen) atoms. The Kier molecular flexibility index (Phi) is 6.47. The lowest BCUT2D eigenvalue weighted by molar-refractivity contribution is -0.140. The predicted molar refractivity (Wildman–Crippen MR) is 150 cm³/mol. The van der Waals surface area contributed by atoms with Gasteiger partial charge in [-0.3, -0.25) is 19.3 Å². The average molecular weight is 577 g/mol. The molecule has 3 aromatic rings. The second-order valence-corrected chi connectivity index (χ2v) is 11.5. The van der Waals surface area contributed by atoms with Crippen molar-refractivity contribution in [1.29, 1.82) is 0 Å². The lowest BCUT2D eigenvalue weighted by Gasteiger charge is -2.54. The monoisotopic (exact) mass is 576 g/mol. The molecule has 2 atom stereocenters. The Hall–Kier alpha value is -3.68. The van der Waals surface area contributed by atoms with Crippen LogP contribution in [0.3, 0.4) is 0 Å². The number of nitrogens with one attached hydrogen (secondary N) is 1. The van der Waals surface area contributed by atoms with Crippen molar-refractivity contribution in [1.82, 2.24) is 4.90 Å². The van der Waals surface area contributed by atoms with E-state index in [1.54, 1.807) is 24.3 Å². The van der Waals surface area contributed by atoms with E-state index >= 15 is 0 Å². The van der Waals surface area contributed by atoms with Gasteiger partial charge in [-0.25, -0.2) is 4.79 Å². The van der Waals surface area contributed by atoms with Crippen molar-refractivity contribution in [3.8, 4) is 0 Å². The zero-order valence-corrected chi connectivity index (χ0v) is 23.2. The number of likely N-dealkylation sites (tertiary alicyclic amines) is 1. The number of esters is 1. The highest BCUT2D eigenvalue weighted by molar-refractivity contribution is 6.36. The summed E-state index contributed by atoms with van der Waals surface area (Å²) in [6, 6.07) is 21.2. The van der Waals surface area contributed by atoms with Crippen LogP contribution in [-0.2, 0) is 28.9 Å². The summed E-state index contributed by atoms with van der Waals surface area (Å²) in [6.45, 7) is 2.14. The predicted octanol–water partition coefficient (Wildman–Crippen LogP) is 5.18. The third kappa shape index (κ3) is 3.71. The van der Waals surface area contributed by atoms with Crippen molar-refractivity contribution in [3.05, 3.63) is 101 Å². The molecule has 0 aromatic heterocycles. The van der Waals surface area contributed by atoms with E-state index in [0.717, 1.165) is 33.6 Å². The molecule has 3 aliphatic carbocycles. The molecule has 1 aliphatic heterocycles. The molecule has 4 aliphatic rings. The summed E-state index contributed by atoms with van der Waals surface area (Å²) in [7, 11) is 0. The molecule has 9 heteroatoms. The van der Waals surface area contributed by atoms with Crippen molar-refractivity contribution < 1.29 is 23.9 Å². The minimum atomic E-state index is -1.25. The van der Waals surface area contributed by atoms with Crippen LogP contribution in [0.1, 0.15) is 52.4 Å². The number of carbonyl (C=O) groups excluding carboxylic acids is 4. The van der Waals surface area contributed by atoms with Gasteiger partial charge in [0.25, 0.3) is 0 Å². The van der Waals surface area contributed by atoms with Crippen molar-refractivity contribution >= 4 is 52.6 Å². The molecule has 1 fully saturated rings. The fraction of sp³-hybridized carbons (Fsp3) is 0.290. The number of ether oxygens (including phenoxy) is 1. The number of rotatable bonds is 7. The number of benzene rings is 3. The molecule has 0 spiro atoms. The molecular weight excluding hydrogens is 551 g/mol. The molecule has 1 saturated heterocycles.